The Kier molecular flexibility index (Phi) is 5.49. The lowest BCUT2D eigenvalue weighted by molar-refractivity contribution is -0.383. The number of ketones is 1. The SMILES string of the molecule is CC(C)c1ccc(C(=O)COC(=O)c2ccc(N)c([N+](=O)[O-])c2)cc1. The number of nitro benzene ring substituents is 1. The summed E-state index contributed by atoms with van der Waals surface area (Å²) in [6.45, 7) is 3.65. The van der Waals surface area contributed by atoms with Crippen LogP contribution in [0, 0.1) is 10.1 Å². The van der Waals surface area contributed by atoms with Crippen LogP contribution in [-0.2, 0) is 4.74 Å². The van der Waals surface area contributed by atoms with Gasteiger partial charge in [-0.15, -0.1) is 0 Å². The molecule has 0 heterocycles. The zero-order chi connectivity index (χ0) is 18.6. The maximum absolute atomic E-state index is 12.1. The van der Waals surface area contributed by atoms with E-state index in [9.17, 15) is 19.7 Å². The van der Waals surface area contributed by atoms with Gasteiger partial charge in [0.15, 0.2) is 12.4 Å². The van der Waals surface area contributed by atoms with Crippen molar-refractivity contribution in [3.05, 3.63) is 69.3 Å². The smallest absolute Gasteiger partial charge is 0.338 e. The molecule has 0 aliphatic rings. The fourth-order valence-corrected chi connectivity index (χ4v) is 2.18. The van der Waals surface area contributed by atoms with Crippen LogP contribution in [0.3, 0.4) is 0 Å². The maximum Gasteiger partial charge on any atom is 0.338 e. The fourth-order valence-electron chi connectivity index (χ4n) is 2.18. The molecule has 2 N–H and O–H groups in total. The van der Waals surface area contributed by atoms with Crippen molar-refractivity contribution in [3.63, 3.8) is 0 Å². The van der Waals surface area contributed by atoms with Gasteiger partial charge in [-0.05, 0) is 23.6 Å². The number of ether oxygens (including phenoxy) is 1. The van der Waals surface area contributed by atoms with Gasteiger partial charge in [-0.3, -0.25) is 14.9 Å². The van der Waals surface area contributed by atoms with E-state index in [0.29, 0.717) is 11.5 Å². The molecule has 0 spiro atoms. The molecule has 2 aromatic carbocycles. The van der Waals surface area contributed by atoms with Crippen LogP contribution in [-0.4, -0.2) is 23.3 Å². The molecule has 130 valence electrons. The van der Waals surface area contributed by atoms with Crippen LogP contribution in [0.15, 0.2) is 42.5 Å². The van der Waals surface area contributed by atoms with E-state index >= 15 is 0 Å². The number of rotatable bonds is 6. The monoisotopic (exact) mass is 342 g/mol. The van der Waals surface area contributed by atoms with Crippen molar-refractivity contribution in [2.45, 2.75) is 19.8 Å². The molecular formula is C18H18N2O5. The van der Waals surface area contributed by atoms with E-state index in [1.165, 1.54) is 12.1 Å². The van der Waals surface area contributed by atoms with E-state index in [1.54, 1.807) is 12.1 Å². The van der Waals surface area contributed by atoms with Crippen LogP contribution in [0.5, 0.6) is 0 Å². The molecule has 25 heavy (non-hydrogen) atoms. The van der Waals surface area contributed by atoms with Gasteiger partial charge in [0.2, 0.25) is 0 Å². The van der Waals surface area contributed by atoms with Gasteiger partial charge < -0.3 is 10.5 Å². The Balaban J connectivity index is 2.03. The van der Waals surface area contributed by atoms with E-state index < -0.39 is 17.5 Å². The summed E-state index contributed by atoms with van der Waals surface area (Å²) in [4.78, 5) is 34.2. The number of nitrogen functional groups attached to an aromatic ring is 1. The van der Waals surface area contributed by atoms with Gasteiger partial charge >= 0.3 is 5.97 Å². The zero-order valence-electron chi connectivity index (χ0n) is 13.9. The molecule has 0 saturated heterocycles. The van der Waals surface area contributed by atoms with E-state index in [1.807, 2.05) is 26.0 Å². The number of benzene rings is 2. The highest BCUT2D eigenvalue weighted by molar-refractivity contribution is 5.99. The third-order valence-electron chi connectivity index (χ3n) is 3.70. The molecule has 0 aromatic heterocycles. The van der Waals surface area contributed by atoms with E-state index in [-0.39, 0.29) is 22.7 Å². The molecule has 0 saturated carbocycles. The lowest BCUT2D eigenvalue weighted by Crippen LogP contribution is -2.14. The molecule has 7 heteroatoms. The number of carbonyl (C=O) groups excluding carboxylic acids is 2. The fraction of sp³-hybridized carbons (Fsp3) is 0.222. The van der Waals surface area contributed by atoms with Gasteiger partial charge in [0, 0.05) is 11.6 Å². The zero-order valence-corrected chi connectivity index (χ0v) is 13.9. The molecule has 0 aliphatic carbocycles. The van der Waals surface area contributed by atoms with Crippen molar-refractivity contribution < 1.29 is 19.2 Å². The van der Waals surface area contributed by atoms with Crippen molar-refractivity contribution in [2.75, 3.05) is 12.3 Å². The van der Waals surface area contributed by atoms with Gasteiger partial charge in [-0.25, -0.2) is 4.79 Å². The largest absolute Gasteiger partial charge is 0.454 e. The molecule has 0 unspecified atom stereocenters. The lowest BCUT2D eigenvalue weighted by Gasteiger charge is -2.07. The van der Waals surface area contributed by atoms with E-state index in [0.717, 1.165) is 11.6 Å². The standard InChI is InChI=1S/C18H18N2O5/c1-11(2)12-3-5-13(6-4-12)17(21)10-25-18(22)14-7-8-15(19)16(9-14)20(23)24/h3-9,11H,10,19H2,1-2H3. The minimum absolute atomic E-state index is 0.0381. The summed E-state index contributed by atoms with van der Waals surface area (Å²) >= 11 is 0. The predicted octanol–water partition coefficient (Wildman–Crippen LogP) is 3.34. The van der Waals surface area contributed by atoms with Crippen LogP contribution in [0.4, 0.5) is 11.4 Å². The summed E-state index contributed by atoms with van der Waals surface area (Å²) in [5.74, 6) is -0.827. The molecular weight excluding hydrogens is 324 g/mol. The summed E-state index contributed by atoms with van der Waals surface area (Å²) in [7, 11) is 0. The van der Waals surface area contributed by atoms with Crippen LogP contribution in [0.25, 0.3) is 0 Å². The minimum atomic E-state index is -0.824. The molecule has 2 aromatic rings. The normalized spacial score (nSPS) is 10.5. The number of hydrogen-bond donors (Lipinski definition) is 1. The van der Waals surface area contributed by atoms with Crippen molar-refractivity contribution in [3.8, 4) is 0 Å². The second kappa shape index (κ2) is 7.57. The third-order valence-corrected chi connectivity index (χ3v) is 3.70. The number of esters is 1. The molecule has 0 atom stereocenters. The number of carbonyl (C=O) groups is 2. The van der Waals surface area contributed by atoms with Crippen LogP contribution < -0.4 is 5.73 Å². The van der Waals surface area contributed by atoms with Gasteiger partial charge in [-0.1, -0.05) is 38.1 Å². The van der Waals surface area contributed by atoms with Crippen molar-refractivity contribution >= 4 is 23.1 Å². The van der Waals surface area contributed by atoms with Crippen molar-refractivity contribution in [1.82, 2.24) is 0 Å². The summed E-state index contributed by atoms with van der Waals surface area (Å²) < 4.78 is 4.94. The minimum Gasteiger partial charge on any atom is -0.454 e. The Hall–Kier alpha value is -3.22. The first-order valence-corrected chi connectivity index (χ1v) is 7.63. The molecule has 0 fully saturated rings. The molecule has 7 nitrogen and oxygen atoms in total. The van der Waals surface area contributed by atoms with Crippen molar-refractivity contribution in [2.24, 2.45) is 0 Å². The Morgan fingerprint density at radius 1 is 1.12 bits per heavy atom. The number of nitro groups is 1. The summed E-state index contributed by atoms with van der Waals surface area (Å²) in [6, 6.07) is 10.7. The molecule has 0 amide bonds. The van der Waals surface area contributed by atoms with Gasteiger partial charge in [0.05, 0.1) is 10.5 Å². The molecule has 2 rings (SSSR count). The Bertz CT molecular complexity index is 813. The summed E-state index contributed by atoms with van der Waals surface area (Å²) in [6.07, 6.45) is 0. The number of anilines is 1. The van der Waals surface area contributed by atoms with Gasteiger partial charge in [-0.2, -0.15) is 0 Å². The number of hydrogen-bond acceptors (Lipinski definition) is 6. The number of nitrogens with two attached hydrogens (primary N) is 1. The average Bonchev–Trinajstić information content (AvgIpc) is 2.59. The third kappa shape index (κ3) is 4.41. The molecule has 0 bridgehead atoms. The molecule has 0 aliphatic heterocycles. The summed E-state index contributed by atoms with van der Waals surface area (Å²) in [5.41, 5.74) is 6.53. The van der Waals surface area contributed by atoms with Crippen molar-refractivity contribution in [1.29, 1.82) is 0 Å². The Morgan fingerprint density at radius 3 is 2.28 bits per heavy atom. The van der Waals surface area contributed by atoms with Crippen LogP contribution >= 0.6 is 0 Å². The first-order valence-electron chi connectivity index (χ1n) is 7.63. The number of Topliss-reactive ketones (excluding diaryl/α,β-unsaturated/α-hetero) is 1. The van der Waals surface area contributed by atoms with E-state index in [4.69, 9.17) is 10.5 Å². The van der Waals surface area contributed by atoms with Gasteiger partial charge in [0.1, 0.15) is 5.69 Å². The lowest BCUT2D eigenvalue weighted by atomic mass is 10.0. The molecule has 0 radical (unpaired) electrons. The average molecular weight is 342 g/mol. The predicted molar refractivity (Wildman–Crippen MR) is 92.7 cm³/mol. The maximum atomic E-state index is 12.1. The first-order chi connectivity index (χ1) is 11.8. The first kappa shape index (κ1) is 18.1. The highest BCUT2D eigenvalue weighted by Crippen LogP contribution is 2.22. The quantitative estimate of drug-likeness (QED) is 0.283. The van der Waals surface area contributed by atoms with Crippen LogP contribution in [0.2, 0.25) is 0 Å². The Labute approximate surface area is 144 Å². The van der Waals surface area contributed by atoms with E-state index in [2.05, 4.69) is 0 Å². The van der Waals surface area contributed by atoms with Crippen LogP contribution in [0.1, 0.15) is 46.0 Å². The summed E-state index contributed by atoms with van der Waals surface area (Å²) in [5, 5.41) is 10.8. The second-order valence-electron chi connectivity index (χ2n) is 5.81. The topological polar surface area (TPSA) is 113 Å². The second-order valence-corrected chi connectivity index (χ2v) is 5.81. The number of nitrogens with zero attached hydrogens (tertiary/aromatic N) is 1. The highest BCUT2D eigenvalue weighted by atomic mass is 16.6. The highest BCUT2D eigenvalue weighted by Gasteiger charge is 2.18. The Morgan fingerprint density at radius 2 is 1.72 bits per heavy atom. The van der Waals surface area contributed by atoms with Gasteiger partial charge in [0.25, 0.3) is 5.69 Å².